The number of sulfone groups is 1. The lowest BCUT2D eigenvalue weighted by molar-refractivity contribution is -0.248. The van der Waals surface area contributed by atoms with Crippen molar-refractivity contribution >= 4 is 21.6 Å². The number of piperidine rings is 1. The Morgan fingerprint density at radius 1 is 1.21 bits per heavy atom. The summed E-state index contributed by atoms with van der Waals surface area (Å²) in [5.74, 6) is -1.21. The molecule has 0 spiro atoms. The van der Waals surface area contributed by atoms with Gasteiger partial charge in [-0.3, -0.25) is 10.3 Å². The second-order valence-corrected chi connectivity index (χ2v) is 12.3. The molecule has 0 bridgehead atoms. The summed E-state index contributed by atoms with van der Waals surface area (Å²) in [5, 5.41) is 0. The van der Waals surface area contributed by atoms with Gasteiger partial charge in [-0.05, 0) is 51.3 Å². The first-order chi connectivity index (χ1) is 17.8. The minimum Gasteiger partial charge on any atom is -0.480 e. The molecule has 1 aromatic rings. The minimum absolute atomic E-state index is 0.00221. The SMILES string of the molecule is CC.CC(Oc1ccc(S(C)(=O)=O)cc1C(=O)N1CC2CC2(C2=NC(C(C)(C)C(F)(F)F)ON2)C1)C(F)(F)F. The molecule has 1 saturated carbocycles. The molecule has 3 aliphatic rings. The number of hydrogen-bond acceptors (Lipinski definition) is 7. The molecule has 39 heavy (non-hydrogen) atoms. The minimum atomic E-state index is -4.73. The van der Waals surface area contributed by atoms with Crippen LogP contribution in [0.4, 0.5) is 26.3 Å². The van der Waals surface area contributed by atoms with Crippen LogP contribution in [0.5, 0.6) is 5.75 Å². The van der Waals surface area contributed by atoms with Crippen molar-refractivity contribution < 1.29 is 49.1 Å². The molecule has 1 amide bonds. The number of likely N-dealkylation sites (tertiary alicyclic amines) is 1. The van der Waals surface area contributed by atoms with Crippen LogP contribution in [-0.4, -0.2) is 69.1 Å². The van der Waals surface area contributed by atoms with Gasteiger partial charge in [-0.15, -0.1) is 0 Å². The van der Waals surface area contributed by atoms with Crippen LogP contribution in [0.3, 0.4) is 0 Å². The Morgan fingerprint density at radius 3 is 2.36 bits per heavy atom. The summed E-state index contributed by atoms with van der Waals surface area (Å²) in [4.78, 5) is 23.6. The zero-order valence-electron chi connectivity index (χ0n) is 22.2. The molecule has 2 heterocycles. The van der Waals surface area contributed by atoms with E-state index in [0.29, 0.717) is 6.42 Å². The summed E-state index contributed by atoms with van der Waals surface area (Å²) in [6.07, 6.45) is -11.7. The van der Waals surface area contributed by atoms with E-state index in [0.717, 1.165) is 45.2 Å². The maximum atomic E-state index is 13.4. The Hall–Kier alpha value is -2.55. The number of ether oxygens (including phenoxy) is 1. The molecule has 1 N–H and O–H groups in total. The molecule has 1 saturated heterocycles. The second kappa shape index (κ2) is 10.1. The zero-order chi connectivity index (χ0) is 29.8. The zero-order valence-corrected chi connectivity index (χ0v) is 23.0. The van der Waals surface area contributed by atoms with Gasteiger partial charge in [0.25, 0.3) is 5.91 Å². The second-order valence-electron chi connectivity index (χ2n) is 10.2. The normalized spacial score (nSPS) is 25.6. The fourth-order valence-electron chi connectivity index (χ4n) is 4.40. The predicted octanol–water partition coefficient (Wildman–Crippen LogP) is 4.76. The molecule has 220 valence electrons. The number of halogens is 6. The largest absolute Gasteiger partial charge is 0.480 e. The quantitative estimate of drug-likeness (QED) is 0.483. The molecule has 2 aliphatic heterocycles. The lowest BCUT2D eigenvalue weighted by Gasteiger charge is -2.29. The monoisotopic (exact) mass is 587 g/mol. The van der Waals surface area contributed by atoms with Crippen LogP contribution in [0.2, 0.25) is 0 Å². The van der Waals surface area contributed by atoms with Crippen molar-refractivity contribution in [1.29, 1.82) is 0 Å². The van der Waals surface area contributed by atoms with Crippen LogP contribution in [-0.2, 0) is 14.7 Å². The predicted molar refractivity (Wildman–Crippen MR) is 129 cm³/mol. The molecule has 0 aromatic heterocycles. The summed E-state index contributed by atoms with van der Waals surface area (Å²) in [5.41, 5.74) is -0.975. The van der Waals surface area contributed by atoms with E-state index < -0.39 is 57.0 Å². The van der Waals surface area contributed by atoms with Gasteiger partial charge in [0.05, 0.1) is 15.9 Å². The van der Waals surface area contributed by atoms with Crippen molar-refractivity contribution in [2.75, 3.05) is 19.3 Å². The van der Waals surface area contributed by atoms with E-state index in [2.05, 4.69) is 10.5 Å². The summed E-state index contributed by atoms with van der Waals surface area (Å²) in [6, 6.07) is 3.01. The number of fused-ring (bicyclic) bond motifs is 1. The number of aliphatic imine (C=N–C) groups is 1. The number of hydrogen-bond donors (Lipinski definition) is 1. The third-order valence-electron chi connectivity index (χ3n) is 7.14. The lowest BCUT2D eigenvalue weighted by atomic mass is 9.90. The smallest absolute Gasteiger partial charge is 0.425 e. The lowest BCUT2D eigenvalue weighted by Crippen LogP contribution is -2.42. The Labute approximate surface area is 222 Å². The third-order valence-corrected chi connectivity index (χ3v) is 8.25. The summed E-state index contributed by atoms with van der Waals surface area (Å²) in [6.45, 7) is 6.81. The summed E-state index contributed by atoms with van der Waals surface area (Å²) in [7, 11) is -3.80. The Bertz CT molecular complexity index is 1250. The Balaban J connectivity index is 0.00000205. The van der Waals surface area contributed by atoms with E-state index in [4.69, 9.17) is 9.57 Å². The molecule has 2 fully saturated rings. The number of nitrogens with one attached hydrogen (secondary N) is 1. The van der Waals surface area contributed by atoms with Crippen LogP contribution in [0.15, 0.2) is 28.1 Å². The first kappa shape index (κ1) is 31.0. The van der Waals surface area contributed by atoms with E-state index in [-0.39, 0.29) is 35.3 Å². The van der Waals surface area contributed by atoms with Gasteiger partial charge in [0.1, 0.15) is 17.0 Å². The molecule has 4 atom stereocenters. The highest BCUT2D eigenvalue weighted by atomic mass is 32.2. The van der Waals surface area contributed by atoms with Gasteiger partial charge in [0.15, 0.2) is 22.2 Å². The van der Waals surface area contributed by atoms with Crippen molar-refractivity contribution in [3.63, 3.8) is 0 Å². The number of carbonyl (C=O) groups is 1. The number of rotatable bonds is 6. The molecule has 4 unspecified atom stereocenters. The van der Waals surface area contributed by atoms with Gasteiger partial charge < -0.3 is 9.64 Å². The highest BCUT2D eigenvalue weighted by Crippen LogP contribution is 2.59. The maximum Gasteiger partial charge on any atom is 0.425 e. The van der Waals surface area contributed by atoms with Gasteiger partial charge in [0, 0.05) is 19.3 Å². The molecular weight excluding hydrogens is 556 g/mol. The maximum absolute atomic E-state index is 13.4. The molecule has 4 rings (SSSR count). The van der Waals surface area contributed by atoms with Crippen molar-refractivity contribution in [1.82, 2.24) is 10.4 Å². The van der Waals surface area contributed by atoms with E-state index in [1.54, 1.807) is 0 Å². The van der Waals surface area contributed by atoms with Crippen LogP contribution < -0.4 is 10.2 Å². The third kappa shape index (κ3) is 5.83. The number of carbonyl (C=O) groups excluding carboxylic acids is 1. The molecular formula is C24H31F6N3O5S. The van der Waals surface area contributed by atoms with Gasteiger partial charge in [0.2, 0.25) is 0 Å². The number of nitrogens with zero attached hydrogens (tertiary/aromatic N) is 2. The highest BCUT2D eigenvalue weighted by molar-refractivity contribution is 7.90. The number of amides is 1. The van der Waals surface area contributed by atoms with Crippen LogP contribution in [0, 0.1) is 16.7 Å². The van der Waals surface area contributed by atoms with E-state index in [1.807, 2.05) is 13.8 Å². The summed E-state index contributed by atoms with van der Waals surface area (Å²) >= 11 is 0. The van der Waals surface area contributed by atoms with E-state index in [9.17, 15) is 39.6 Å². The van der Waals surface area contributed by atoms with Crippen LogP contribution in [0.25, 0.3) is 0 Å². The van der Waals surface area contributed by atoms with Crippen molar-refractivity contribution in [3.05, 3.63) is 23.8 Å². The average molecular weight is 588 g/mol. The first-order valence-corrected chi connectivity index (χ1v) is 14.1. The molecule has 1 aromatic carbocycles. The molecule has 1 aliphatic carbocycles. The van der Waals surface area contributed by atoms with Crippen LogP contribution >= 0.6 is 0 Å². The fourth-order valence-corrected chi connectivity index (χ4v) is 5.05. The first-order valence-electron chi connectivity index (χ1n) is 12.2. The topological polar surface area (TPSA) is 97.3 Å². The molecule has 0 radical (unpaired) electrons. The molecule has 15 heteroatoms. The number of amidine groups is 1. The Kier molecular flexibility index (Phi) is 8.05. The number of hydroxylamine groups is 1. The molecule has 8 nitrogen and oxygen atoms in total. The van der Waals surface area contributed by atoms with Gasteiger partial charge >= 0.3 is 12.4 Å². The number of alkyl halides is 6. The van der Waals surface area contributed by atoms with Crippen LogP contribution in [0.1, 0.15) is 51.4 Å². The average Bonchev–Trinajstić information content (AvgIpc) is 3.17. The van der Waals surface area contributed by atoms with E-state index >= 15 is 0 Å². The van der Waals surface area contributed by atoms with Crippen molar-refractivity contribution in [3.8, 4) is 5.75 Å². The van der Waals surface area contributed by atoms with Gasteiger partial charge in [-0.25, -0.2) is 18.2 Å². The van der Waals surface area contributed by atoms with Crippen molar-refractivity contribution in [2.45, 2.75) is 70.6 Å². The van der Waals surface area contributed by atoms with Crippen molar-refractivity contribution in [2.24, 2.45) is 21.7 Å². The standard InChI is InChI=1S/C22H25F6N3O5S.C2H6/c1-11(21(23,24)25)35-15-6-5-13(37(4,33)34)7-14(15)16(32)31-9-12-8-20(12,10-31)17-29-18(36-30-17)19(2,3)22(26,27)28;1-2/h5-7,11-12,18H,8-10H2,1-4H3,(H,29,30);1-2H3. The Morgan fingerprint density at radius 2 is 1.82 bits per heavy atom. The fraction of sp³-hybridized carbons (Fsp3) is 0.667. The highest BCUT2D eigenvalue weighted by Gasteiger charge is 2.66. The number of benzene rings is 1. The van der Waals surface area contributed by atoms with E-state index in [1.165, 1.54) is 4.90 Å². The van der Waals surface area contributed by atoms with Gasteiger partial charge in [-0.2, -0.15) is 26.3 Å². The summed E-state index contributed by atoms with van der Waals surface area (Å²) < 4.78 is 109. The van der Waals surface area contributed by atoms with Gasteiger partial charge in [-0.1, -0.05) is 13.8 Å².